The summed E-state index contributed by atoms with van der Waals surface area (Å²) in [5, 5.41) is 16.8. The molecule has 2 heterocycles. The van der Waals surface area contributed by atoms with Crippen molar-refractivity contribution in [2.24, 2.45) is 0 Å². The lowest BCUT2D eigenvalue weighted by Gasteiger charge is -2.31. The first-order valence-corrected chi connectivity index (χ1v) is 6.56. The Morgan fingerprint density at radius 3 is 2.74 bits per heavy atom. The van der Waals surface area contributed by atoms with E-state index in [9.17, 15) is 5.11 Å². The van der Waals surface area contributed by atoms with Crippen molar-refractivity contribution in [3.8, 4) is 17.1 Å². The van der Waals surface area contributed by atoms with Crippen LogP contribution in [0.15, 0.2) is 28.8 Å². The van der Waals surface area contributed by atoms with Gasteiger partial charge in [-0.05, 0) is 57.0 Å². The number of aromatic hydroxyl groups is 1. The number of phenolic OH excluding ortho intramolecular Hbond substituents is 1. The Bertz CT molecular complexity index is 556. The molecule has 19 heavy (non-hydrogen) atoms. The van der Waals surface area contributed by atoms with E-state index in [0.29, 0.717) is 11.7 Å². The third-order valence-electron chi connectivity index (χ3n) is 3.64. The van der Waals surface area contributed by atoms with Gasteiger partial charge in [-0.15, -0.1) is 0 Å². The van der Waals surface area contributed by atoms with Crippen molar-refractivity contribution in [2.45, 2.75) is 31.7 Å². The molecule has 0 spiro atoms. The zero-order valence-corrected chi connectivity index (χ0v) is 10.9. The molecule has 2 N–H and O–H groups in total. The average Bonchev–Trinajstić information content (AvgIpc) is 2.91. The second kappa shape index (κ2) is 4.66. The Hall–Kier alpha value is -1.88. The lowest BCUT2D eigenvalue weighted by Crippen LogP contribution is -2.43. The molecule has 1 atom stereocenters. The molecule has 1 aliphatic rings. The fraction of sp³-hybridized carbons (Fsp3) is 0.429. The molecule has 0 amide bonds. The first kappa shape index (κ1) is 12.2. The molecule has 0 saturated carbocycles. The van der Waals surface area contributed by atoms with Crippen molar-refractivity contribution in [3.63, 3.8) is 0 Å². The zero-order chi connectivity index (χ0) is 13.3. The Kier molecular flexibility index (Phi) is 2.98. The summed E-state index contributed by atoms with van der Waals surface area (Å²) in [6.07, 6.45) is 3.36. The van der Waals surface area contributed by atoms with Gasteiger partial charge in [0, 0.05) is 5.56 Å². The lowest BCUT2D eigenvalue weighted by atomic mass is 9.91. The Labute approximate surface area is 111 Å². The Morgan fingerprint density at radius 1 is 1.26 bits per heavy atom. The van der Waals surface area contributed by atoms with E-state index in [2.05, 4.69) is 22.4 Å². The van der Waals surface area contributed by atoms with Gasteiger partial charge in [0.1, 0.15) is 5.75 Å². The van der Waals surface area contributed by atoms with Crippen LogP contribution in [0.5, 0.6) is 5.75 Å². The van der Waals surface area contributed by atoms with Crippen LogP contribution in [-0.4, -0.2) is 21.8 Å². The van der Waals surface area contributed by atoms with E-state index >= 15 is 0 Å². The molecule has 0 bridgehead atoms. The summed E-state index contributed by atoms with van der Waals surface area (Å²) in [6.45, 7) is 3.08. The second-order valence-corrected chi connectivity index (χ2v) is 5.19. The van der Waals surface area contributed by atoms with Gasteiger partial charge in [0.25, 0.3) is 0 Å². The van der Waals surface area contributed by atoms with Gasteiger partial charge in [-0.1, -0.05) is 5.16 Å². The van der Waals surface area contributed by atoms with Gasteiger partial charge < -0.3 is 14.9 Å². The van der Waals surface area contributed by atoms with E-state index in [1.807, 2.05) is 0 Å². The van der Waals surface area contributed by atoms with Gasteiger partial charge in [0.2, 0.25) is 11.7 Å². The summed E-state index contributed by atoms with van der Waals surface area (Å²) in [5.41, 5.74) is 0.618. The topological polar surface area (TPSA) is 71.2 Å². The molecule has 2 aromatic rings. The number of rotatable bonds is 2. The molecule has 1 saturated heterocycles. The van der Waals surface area contributed by atoms with Gasteiger partial charge in [0.15, 0.2) is 0 Å². The van der Waals surface area contributed by atoms with E-state index < -0.39 is 0 Å². The van der Waals surface area contributed by atoms with E-state index in [-0.39, 0.29) is 11.3 Å². The fourth-order valence-corrected chi connectivity index (χ4v) is 2.41. The highest BCUT2D eigenvalue weighted by Crippen LogP contribution is 2.30. The summed E-state index contributed by atoms with van der Waals surface area (Å²) in [6, 6.07) is 6.79. The zero-order valence-electron chi connectivity index (χ0n) is 10.9. The number of nitrogens with one attached hydrogen (secondary N) is 1. The molecule has 1 fully saturated rings. The predicted molar refractivity (Wildman–Crippen MR) is 70.6 cm³/mol. The highest BCUT2D eigenvalue weighted by Gasteiger charge is 2.34. The van der Waals surface area contributed by atoms with E-state index in [1.54, 1.807) is 24.3 Å². The van der Waals surface area contributed by atoms with Crippen LogP contribution < -0.4 is 5.32 Å². The highest BCUT2D eigenvalue weighted by atomic mass is 16.5. The molecular formula is C14H17N3O2. The summed E-state index contributed by atoms with van der Waals surface area (Å²) in [4.78, 5) is 4.48. The minimum absolute atomic E-state index is 0.222. The largest absolute Gasteiger partial charge is 0.508 e. The van der Waals surface area contributed by atoms with Crippen LogP contribution in [0.3, 0.4) is 0 Å². The smallest absolute Gasteiger partial charge is 0.246 e. The van der Waals surface area contributed by atoms with Crippen LogP contribution >= 0.6 is 0 Å². The van der Waals surface area contributed by atoms with Gasteiger partial charge in [-0.25, -0.2) is 0 Å². The van der Waals surface area contributed by atoms with Gasteiger partial charge in [0.05, 0.1) is 5.54 Å². The van der Waals surface area contributed by atoms with Gasteiger partial charge >= 0.3 is 0 Å². The number of benzene rings is 1. The number of nitrogens with zero attached hydrogens (tertiary/aromatic N) is 2. The van der Waals surface area contributed by atoms with Crippen molar-refractivity contribution < 1.29 is 9.63 Å². The fourth-order valence-electron chi connectivity index (χ4n) is 2.41. The number of piperidine rings is 1. The molecule has 5 nitrogen and oxygen atoms in total. The summed E-state index contributed by atoms with van der Waals surface area (Å²) >= 11 is 0. The molecule has 1 aromatic heterocycles. The maximum atomic E-state index is 9.28. The van der Waals surface area contributed by atoms with Crippen molar-refractivity contribution in [2.75, 3.05) is 6.54 Å². The highest BCUT2D eigenvalue weighted by molar-refractivity contribution is 5.55. The maximum Gasteiger partial charge on any atom is 0.246 e. The predicted octanol–water partition coefficient (Wildman–Crippen LogP) is 2.43. The monoisotopic (exact) mass is 259 g/mol. The van der Waals surface area contributed by atoms with Crippen LogP contribution in [-0.2, 0) is 5.54 Å². The third kappa shape index (κ3) is 2.33. The summed E-state index contributed by atoms with van der Waals surface area (Å²) < 4.78 is 5.41. The number of phenols is 1. The van der Waals surface area contributed by atoms with Gasteiger partial charge in [-0.3, -0.25) is 0 Å². The van der Waals surface area contributed by atoms with Crippen molar-refractivity contribution in [1.29, 1.82) is 0 Å². The number of hydrogen-bond donors (Lipinski definition) is 2. The van der Waals surface area contributed by atoms with Crippen molar-refractivity contribution >= 4 is 0 Å². The standard InChI is InChI=1S/C14H17N3O2/c1-14(8-2-3-9-15-14)13-16-12(17-19-13)10-4-6-11(18)7-5-10/h4-7,15,18H,2-3,8-9H2,1H3. The molecule has 1 unspecified atom stereocenters. The van der Waals surface area contributed by atoms with Crippen molar-refractivity contribution in [1.82, 2.24) is 15.5 Å². The molecule has 5 heteroatoms. The van der Waals surface area contributed by atoms with Crippen LogP contribution in [0.2, 0.25) is 0 Å². The molecule has 0 aliphatic carbocycles. The van der Waals surface area contributed by atoms with Crippen molar-refractivity contribution in [3.05, 3.63) is 30.2 Å². The molecule has 100 valence electrons. The summed E-state index contributed by atoms with van der Waals surface area (Å²) in [5.74, 6) is 1.42. The van der Waals surface area contributed by atoms with E-state index in [4.69, 9.17) is 4.52 Å². The maximum absolute atomic E-state index is 9.28. The normalized spacial score (nSPS) is 23.4. The van der Waals surface area contributed by atoms with E-state index in [1.165, 1.54) is 12.8 Å². The first-order chi connectivity index (χ1) is 9.17. The molecule has 0 radical (unpaired) electrons. The SMILES string of the molecule is CC1(c2nc(-c3ccc(O)cc3)no2)CCCCN1. The van der Waals surface area contributed by atoms with Crippen LogP contribution in [0.4, 0.5) is 0 Å². The Morgan fingerprint density at radius 2 is 2.05 bits per heavy atom. The third-order valence-corrected chi connectivity index (χ3v) is 3.64. The summed E-state index contributed by atoms with van der Waals surface area (Å²) in [7, 11) is 0. The second-order valence-electron chi connectivity index (χ2n) is 5.19. The minimum atomic E-state index is -0.222. The van der Waals surface area contributed by atoms with Crippen LogP contribution in [0.25, 0.3) is 11.4 Å². The number of aromatic nitrogens is 2. The molecule has 1 aromatic carbocycles. The average molecular weight is 259 g/mol. The van der Waals surface area contributed by atoms with Gasteiger partial charge in [-0.2, -0.15) is 4.98 Å². The molecule has 3 rings (SSSR count). The molecule has 1 aliphatic heterocycles. The number of hydrogen-bond acceptors (Lipinski definition) is 5. The minimum Gasteiger partial charge on any atom is -0.508 e. The van der Waals surface area contributed by atoms with Crippen LogP contribution in [0, 0.1) is 0 Å². The molecular weight excluding hydrogens is 242 g/mol. The Balaban J connectivity index is 1.88. The first-order valence-electron chi connectivity index (χ1n) is 6.56. The quantitative estimate of drug-likeness (QED) is 0.866. The lowest BCUT2D eigenvalue weighted by molar-refractivity contribution is 0.207. The van der Waals surface area contributed by atoms with E-state index in [0.717, 1.165) is 18.5 Å². The van der Waals surface area contributed by atoms with Crippen LogP contribution in [0.1, 0.15) is 32.1 Å².